The molecule has 1 fully saturated rings. The fourth-order valence-electron chi connectivity index (χ4n) is 3.38. The maximum absolute atomic E-state index is 12.2. The van der Waals surface area contributed by atoms with Crippen LogP contribution in [0.4, 0.5) is 5.95 Å². The maximum atomic E-state index is 12.2. The van der Waals surface area contributed by atoms with Gasteiger partial charge in [-0.25, -0.2) is 4.98 Å². The second-order valence-electron chi connectivity index (χ2n) is 6.49. The molecule has 122 valence electrons. The minimum absolute atomic E-state index is 0.0492. The maximum Gasteiger partial charge on any atom is 0.232 e. The predicted molar refractivity (Wildman–Crippen MR) is 86.7 cm³/mol. The first-order chi connectivity index (χ1) is 11.6. The van der Waals surface area contributed by atoms with Crippen LogP contribution in [0.15, 0.2) is 24.3 Å². The van der Waals surface area contributed by atoms with Gasteiger partial charge in [-0.2, -0.15) is 5.26 Å². The summed E-state index contributed by atoms with van der Waals surface area (Å²) in [6.45, 7) is 0.445. The normalized spacial score (nSPS) is 25.3. The molecule has 2 amide bonds. The van der Waals surface area contributed by atoms with Crippen LogP contribution in [0.2, 0.25) is 0 Å². The Morgan fingerprint density at radius 2 is 2.21 bits per heavy atom. The van der Waals surface area contributed by atoms with Crippen molar-refractivity contribution in [2.24, 2.45) is 11.8 Å². The molecule has 1 unspecified atom stereocenters. The predicted octanol–water partition coefficient (Wildman–Crippen LogP) is 1.41. The Balaban J connectivity index is 1.44. The molecule has 0 bridgehead atoms. The van der Waals surface area contributed by atoms with Gasteiger partial charge in [0, 0.05) is 19.0 Å². The molecule has 1 saturated carbocycles. The molecular formula is C17H17N5O2. The Bertz CT molecular complexity index is 859. The molecule has 0 saturated heterocycles. The van der Waals surface area contributed by atoms with E-state index in [2.05, 4.69) is 21.7 Å². The highest BCUT2D eigenvalue weighted by molar-refractivity contribution is 5.97. The van der Waals surface area contributed by atoms with Crippen LogP contribution in [-0.4, -0.2) is 27.4 Å². The molecule has 2 aliphatic rings. The monoisotopic (exact) mass is 323 g/mol. The SMILES string of the molecule is N#CC1CC(NC(=O)CC2Cn3c(nc4ccccc43)NC2=O)C1. The van der Waals surface area contributed by atoms with Crippen molar-refractivity contribution < 1.29 is 9.59 Å². The van der Waals surface area contributed by atoms with Gasteiger partial charge in [-0.3, -0.25) is 14.9 Å². The number of fused-ring (bicyclic) bond motifs is 3. The van der Waals surface area contributed by atoms with E-state index in [4.69, 9.17) is 5.26 Å². The standard InChI is InChI=1S/C17H17N5O2/c18-8-10-5-12(6-10)19-15(23)7-11-9-22-14-4-2-1-3-13(14)20-17(22)21-16(11)24/h1-4,10-12H,5-7,9H2,(H,19,23)(H,20,21,24). The summed E-state index contributed by atoms with van der Waals surface area (Å²) in [5, 5.41) is 14.5. The Labute approximate surface area is 138 Å². The zero-order valence-corrected chi connectivity index (χ0v) is 13.0. The minimum atomic E-state index is -0.415. The largest absolute Gasteiger partial charge is 0.353 e. The number of hydrogen-bond donors (Lipinski definition) is 2. The summed E-state index contributed by atoms with van der Waals surface area (Å²) >= 11 is 0. The number of nitrogens with one attached hydrogen (secondary N) is 2. The van der Waals surface area contributed by atoms with Crippen molar-refractivity contribution in [3.05, 3.63) is 24.3 Å². The average Bonchev–Trinajstić information content (AvgIpc) is 2.88. The second kappa shape index (κ2) is 5.64. The highest BCUT2D eigenvalue weighted by atomic mass is 16.2. The first-order valence-electron chi connectivity index (χ1n) is 8.09. The number of carbonyl (C=O) groups excluding carboxylic acids is 2. The van der Waals surface area contributed by atoms with E-state index in [1.807, 2.05) is 28.8 Å². The molecule has 1 aliphatic carbocycles. The average molecular weight is 323 g/mol. The number of amides is 2. The van der Waals surface area contributed by atoms with Crippen molar-refractivity contribution in [2.45, 2.75) is 31.8 Å². The van der Waals surface area contributed by atoms with Crippen LogP contribution in [0.5, 0.6) is 0 Å². The van der Waals surface area contributed by atoms with E-state index in [9.17, 15) is 9.59 Å². The van der Waals surface area contributed by atoms with Crippen LogP contribution in [0.3, 0.4) is 0 Å². The molecule has 0 radical (unpaired) electrons. The number of nitriles is 1. The summed E-state index contributed by atoms with van der Waals surface area (Å²) in [7, 11) is 0. The topological polar surface area (TPSA) is 99.8 Å². The van der Waals surface area contributed by atoms with Gasteiger partial charge in [0.1, 0.15) is 0 Å². The number of nitrogens with zero attached hydrogens (tertiary/aromatic N) is 3. The van der Waals surface area contributed by atoms with Crippen molar-refractivity contribution in [2.75, 3.05) is 5.32 Å². The summed E-state index contributed by atoms with van der Waals surface area (Å²) in [4.78, 5) is 28.8. The lowest BCUT2D eigenvalue weighted by Gasteiger charge is -2.32. The van der Waals surface area contributed by atoms with Gasteiger partial charge >= 0.3 is 0 Å². The number of para-hydroxylation sites is 2. The van der Waals surface area contributed by atoms with Gasteiger partial charge in [-0.05, 0) is 25.0 Å². The van der Waals surface area contributed by atoms with Crippen molar-refractivity contribution in [1.82, 2.24) is 14.9 Å². The summed E-state index contributed by atoms with van der Waals surface area (Å²) in [6.07, 6.45) is 1.55. The molecule has 24 heavy (non-hydrogen) atoms. The van der Waals surface area contributed by atoms with Gasteiger partial charge in [0.15, 0.2) is 0 Å². The zero-order valence-electron chi connectivity index (χ0n) is 13.0. The molecule has 1 aromatic carbocycles. The molecule has 1 aliphatic heterocycles. The Hall–Kier alpha value is -2.88. The number of imidazole rings is 1. The van der Waals surface area contributed by atoms with E-state index in [0.717, 1.165) is 11.0 Å². The summed E-state index contributed by atoms with van der Waals surface area (Å²) < 4.78 is 1.95. The quantitative estimate of drug-likeness (QED) is 0.892. The Kier molecular flexibility index (Phi) is 3.45. The highest BCUT2D eigenvalue weighted by Gasteiger charge is 2.33. The third-order valence-electron chi connectivity index (χ3n) is 4.78. The number of rotatable bonds is 3. The van der Waals surface area contributed by atoms with Crippen LogP contribution in [0.25, 0.3) is 11.0 Å². The first kappa shape index (κ1) is 14.7. The van der Waals surface area contributed by atoms with Gasteiger partial charge in [0.25, 0.3) is 0 Å². The van der Waals surface area contributed by atoms with E-state index in [1.165, 1.54) is 0 Å². The van der Waals surface area contributed by atoms with Crippen LogP contribution >= 0.6 is 0 Å². The van der Waals surface area contributed by atoms with Crippen LogP contribution in [0, 0.1) is 23.2 Å². The molecular weight excluding hydrogens is 306 g/mol. The molecule has 2 heterocycles. The smallest absolute Gasteiger partial charge is 0.232 e. The van der Waals surface area contributed by atoms with E-state index in [1.54, 1.807) is 0 Å². The molecule has 7 heteroatoms. The number of anilines is 1. The van der Waals surface area contributed by atoms with Gasteiger partial charge in [-0.1, -0.05) is 12.1 Å². The van der Waals surface area contributed by atoms with E-state index in [-0.39, 0.29) is 30.2 Å². The first-order valence-corrected chi connectivity index (χ1v) is 8.09. The highest BCUT2D eigenvalue weighted by Crippen LogP contribution is 2.28. The lowest BCUT2D eigenvalue weighted by Crippen LogP contribution is -2.45. The molecule has 1 atom stereocenters. The molecule has 4 rings (SSSR count). The van der Waals surface area contributed by atoms with E-state index < -0.39 is 5.92 Å². The number of carbonyl (C=O) groups is 2. The number of hydrogen-bond acceptors (Lipinski definition) is 4. The number of benzene rings is 1. The molecule has 7 nitrogen and oxygen atoms in total. The van der Waals surface area contributed by atoms with E-state index in [0.29, 0.717) is 25.3 Å². The fraction of sp³-hybridized carbons (Fsp3) is 0.412. The molecule has 2 aromatic rings. The molecule has 2 N–H and O–H groups in total. The summed E-state index contributed by atoms with van der Waals surface area (Å²) in [5.74, 6) is -0.135. The van der Waals surface area contributed by atoms with Crippen LogP contribution in [0.1, 0.15) is 19.3 Å². The third kappa shape index (κ3) is 2.50. The van der Waals surface area contributed by atoms with Gasteiger partial charge < -0.3 is 9.88 Å². The number of aromatic nitrogens is 2. The van der Waals surface area contributed by atoms with Crippen LogP contribution < -0.4 is 10.6 Å². The van der Waals surface area contributed by atoms with Crippen molar-refractivity contribution in [1.29, 1.82) is 5.26 Å². The van der Waals surface area contributed by atoms with Gasteiger partial charge in [0.05, 0.1) is 28.9 Å². The van der Waals surface area contributed by atoms with E-state index >= 15 is 0 Å². The van der Waals surface area contributed by atoms with Crippen molar-refractivity contribution >= 4 is 28.8 Å². The third-order valence-corrected chi connectivity index (χ3v) is 4.78. The minimum Gasteiger partial charge on any atom is -0.353 e. The Morgan fingerprint density at radius 3 is 3.00 bits per heavy atom. The lowest BCUT2D eigenvalue weighted by molar-refractivity contribution is -0.129. The zero-order chi connectivity index (χ0) is 16.7. The van der Waals surface area contributed by atoms with Crippen LogP contribution in [-0.2, 0) is 16.1 Å². The van der Waals surface area contributed by atoms with Crippen molar-refractivity contribution in [3.63, 3.8) is 0 Å². The fourth-order valence-corrected chi connectivity index (χ4v) is 3.38. The van der Waals surface area contributed by atoms with Gasteiger partial charge in [0.2, 0.25) is 17.8 Å². The van der Waals surface area contributed by atoms with Crippen molar-refractivity contribution in [3.8, 4) is 6.07 Å². The summed E-state index contributed by atoms with van der Waals surface area (Å²) in [6, 6.07) is 9.95. The summed E-state index contributed by atoms with van der Waals surface area (Å²) in [5.41, 5.74) is 1.78. The Morgan fingerprint density at radius 1 is 1.42 bits per heavy atom. The molecule has 1 aromatic heterocycles. The van der Waals surface area contributed by atoms with Gasteiger partial charge in [-0.15, -0.1) is 0 Å². The molecule has 0 spiro atoms. The second-order valence-corrected chi connectivity index (χ2v) is 6.49. The lowest BCUT2D eigenvalue weighted by atomic mass is 9.81.